The Balaban J connectivity index is 1.66. The molecule has 0 aliphatic carbocycles. The Hall–Kier alpha value is -1.06. The van der Waals surface area contributed by atoms with Crippen LogP contribution in [0.25, 0.3) is 15.5 Å². The lowest BCUT2D eigenvalue weighted by molar-refractivity contribution is 0.214. The molecule has 22 heavy (non-hydrogen) atoms. The molecule has 0 atom stereocenters. The number of rotatable bonds is 3. The molecule has 5 nitrogen and oxygen atoms in total. The first-order chi connectivity index (χ1) is 10.8. The van der Waals surface area contributed by atoms with Crippen molar-refractivity contribution < 1.29 is 0 Å². The number of piperidine rings is 1. The van der Waals surface area contributed by atoms with E-state index in [1.54, 1.807) is 11.3 Å². The first-order valence-electron chi connectivity index (χ1n) is 7.49. The van der Waals surface area contributed by atoms with Gasteiger partial charge < -0.3 is 0 Å². The highest BCUT2D eigenvalue weighted by Crippen LogP contribution is 2.29. The van der Waals surface area contributed by atoms with E-state index < -0.39 is 0 Å². The van der Waals surface area contributed by atoms with Crippen molar-refractivity contribution >= 4 is 38.9 Å². The number of aromatic nitrogens is 4. The fraction of sp³-hybridized carbons (Fsp3) is 0.400. The molecular weight excluding hydrogens is 409 g/mol. The SMILES string of the molecule is Ic1ccccc1-c1nn2c(CN3CCCCC3)nnc2s1. The highest BCUT2D eigenvalue weighted by Gasteiger charge is 2.17. The monoisotopic (exact) mass is 425 g/mol. The lowest BCUT2D eigenvalue weighted by Gasteiger charge is -2.25. The molecule has 0 unspecified atom stereocenters. The van der Waals surface area contributed by atoms with E-state index in [1.165, 1.54) is 28.4 Å². The van der Waals surface area contributed by atoms with Gasteiger partial charge in [-0.05, 0) is 54.6 Å². The lowest BCUT2D eigenvalue weighted by Crippen LogP contribution is -2.30. The van der Waals surface area contributed by atoms with Crippen LogP contribution >= 0.6 is 33.9 Å². The highest BCUT2D eigenvalue weighted by molar-refractivity contribution is 14.1. The molecule has 4 rings (SSSR count). The molecule has 3 aromatic rings. The first kappa shape index (κ1) is 14.5. The zero-order valence-corrected chi connectivity index (χ0v) is 15.0. The van der Waals surface area contributed by atoms with Crippen molar-refractivity contribution in [1.82, 2.24) is 24.7 Å². The van der Waals surface area contributed by atoms with Crippen LogP contribution in [0, 0.1) is 3.57 Å². The maximum atomic E-state index is 4.75. The molecule has 0 N–H and O–H groups in total. The quantitative estimate of drug-likeness (QED) is 0.604. The largest absolute Gasteiger partial charge is 0.296 e. The van der Waals surface area contributed by atoms with Crippen molar-refractivity contribution in [3.05, 3.63) is 33.7 Å². The van der Waals surface area contributed by atoms with Crippen LogP contribution in [0.3, 0.4) is 0 Å². The molecule has 0 spiro atoms. The molecule has 1 aliphatic heterocycles. The van der Waals surface area contributed by atoms with Crippen LogP contribution in [-0.2, 0) is 6.54 Å². The molecule has 1 aromatic carbocycles. The average Bonchev–Trinajstić information content (AvgIpc) is 3.11. The molecule has 2 aromatic heterocycles. The van der Waals surface area contributed by atoms with Gasteiger partial charge in [0, 0.05) is 9.13 Å². The number of fused-ring (bicyclic) bond motifs is 1. The molecule has 1 aliphatic rings. The van der Waals surface area contributed by atoms with Crippen molar-refractivity contribution in [1.29, 1.82) is 0 Å². The molecule has 1 fully saturated rings. The second-order valence-electron chi connectivity index (χ2n) is 5.53. The van der Waals surface area contributed by atoms with Gasteiger partial charge in [0.15, 0.2) is 5.82 Å². The third-order valence-corrected chi connectivity index (χ3v) is 5.85. The summed E-state index contributed by atoms with van der Waals surface area (Å²) in [5.74, 6) is 0.949. The minimum Gasteiger partial charge on any atom is -0.296 e. The van der Waals surface area contributed by atoms with E-state index >= 15 is 0 Å². The normalized spacial score (nSPS) is 16.4. The topological polar surface area (TPSA) is 46.3 Å². The summed E-state index contributed by atoms with van der Waals surface area (Å²) in [6.07, 6.45) is 3.91. The summed E-state index contributed by atoms with van der Waals surface area (Å²) in [6.45, 7) is 3.15. The Kier molecular flexibility index (Phi) is 4.10. The van der Waals surface area contributed by atoms with Gasteiger partial charge in [0.2, 0.25) is 4.96 Å². The van der Waals surface area contributed by atoms with Crippen LogP contribution in [0.5, 0.6) is 0 Å². The Morgan fingerprint density at radius 3 is 2.73 bits per heavy atom. The number of halogens is 1. The summed E-state index contributed by atoms with van der Waals surface area (Å²) >= 11 is 3.96. The molecule has 1 saturated heterocycles. The van der Waals surface area contributed by atoms with E-state index in [-0.39, 0.29) is 0 Å². The second kappa shape index (κ2) is 6.21. The van der Waals surface area contributed by atoms with Crippen LogP contribution in [0.15, 0.2) is 24.3 Å². The maximum Gasteiger partial charge on any atom is 0.235 e. The predicted octanol–water partition coefficient (Wildman–Crippen LogP) is 3.44. The molecule has 0 radical (unpaired) electrons. The summed E-state index contributed by atoms with van der Waals surface area (Å²) in [5.41, 5.74) is 1.17. The van der Waals surface area contributed by atoms with Crippen LogP contribution in [-0.4, -0.2) is 37.8 Å². The van der Waals surface area contributed by atoms with Gasteiger partial charge in [-0.3, -0.25) is 4.90 Å². The zero-order chi connectivity index (χ0) is 14.9. The lowest BCUT2D eigenvalue weighted by atomic mass is 10.1. The molecule has 114 valence electrons. The molecule has 0 amide bonds. The molecule has 7 heteroatoms. The highest BCUT2D eigenvalue weighted by atomic mass is 127. The Morgan fingerprint density at radius 1 is 1.09 bits per heavy atom. The van der Waals surface area contributed by atoms with Gasteiger partial charge in [0.05, 0.1) is 6.54 Å². The molecule has 3 heterocycles. The van der Waals surface area contributed by atoms with Gasteiger partial charge in [-0.1, -0.05) is 36.0 Å². The fourth-order valence-corrected chi connectivity index (χ4v) is 4.54. The molecular formula is C15H16IN5S. The Morgan fingerprint density at radius 2 is 1.91 bits per heavy atom. The second-order valence-corrected chi connectivity index (χ2v) is 7.65. The van der Waals surface area contributed by atoms with Gasteiger partial charge >= 0.3 is 0 Å². The number of likely N-dealkylation sites (tertiary alicyclic amines) is 1. The molecule has 0 bridgehead atoms. The van der Waals surface area contributed by atoms with E-state index in [2.05, 4.69) is 55.9 Å². The summed E-state index contributed by atoms with van der Waals surface area (Å²) in [6, 6.07) is 8.31. The van der Waals surface area contributed by atoms with Crippen molar-refractivity contribution in [3.8, 4) is 10.6 Å². The summed E-state index contributed by atoms with van der Waals surface area (Å²) in [5, 5.41) is 14.4. The van der Waals surface area contributed by atoms with Crippen molar-refractivity contribution in [2.45, 2.75) is 25.8 Å². The Labute approximate surface area is 146 Å². The first-order valence-corrected chi connectivity index (χ1v) is 9.39. The van der Waals surface area contributed by atoms with E-state index in [0.29, 0.717) is 0 Å². The number of benzene rings is 1. The van der Waals surface area contributed by atoms with Gasteiger partial charge in [0.1, 0.15) is 5.01 Å². The molecule has 0 saturated carbocycles. The average molecular weight is 425 g/mol. The number of nitrogens with zero attached hydrogens (tertiary/aromatic N) is 5. The third kappa shape index (κ3) is 2.77. The van der Waals surface area contributed by atoms with E-state index in [9.17, 15) is 0 Å². The third-order valence-electron chi connectivity index (χ3n) is 3.97. The van der Waals surface area contributed by atoms with E-state index in [4.69, 9.17) is 5.10 Å². The van der Waals surface area contributed by atoms with Gasteiger partial charge in [0.25, 0.3) is 0 Å². The van der Waals surface area contributed by atoms with Crippen molar-refractivity contribution in [3.63, 3.8) is 0 Å². The summed E-state index contributed by atoms with van der Waals surface area (Å²) < 4.78 is 3.13. The van der Waals surface area contributed by atoms with E-state index in [1.807, 2.05) is 10.6 Å². The summed E-state index contributed by atoms with van der Waals surface area (Å²) in [4.78, 5) is 3.33. The number of hydrogen-bond acceptors (Lipinski definition) is 5. The van der Waals surface area contributed by atoms with Gasteiger partial charge in [-0.25, -0.2) is 0 Å². The van der Waals surface area contributed by atoms with Crippen LogP contribution in [0.4, 0.5) is 0 Å². The summed E-state index contributed by atoms with van der Waals surface area (Å²) in [7, 11) is 0. The minimum absolute atomic E-state index is 0.843. The van der Waals surface area contributed by atoms with Crippen LogP contribution in [0.2, 0.25) is 0 Å². The smallest absolute Gasteiger partial charge is 0.235 e. The van der Waals surface area contributed by atoms with Crippen molar-refractivity contribution in [2.75, 3.05) is 13.1 Å². The van der Waals surface area contributed by atoms with Crippen LogP contribution < -0.4 is 0 Å². The van der Waals surface area contributed by atoms with Crippen LogP contribution in [0.1, 0.15) is 25.1 Å². The standard InChI is InChI=1S/C15H16IN5S/c16-12-7-3-2-6-11(12)14-19-21-13(17-18-15(21)22-14)10-20-8-4-1-5-9-20/h2-3,6-7H,1,4-5,8-10H2. The van der Waals surface area contributed by atoms with Crippen molar-refractivity contribution in [2.24, 2.45) is 0 Å². The Bertz CT molecular complexity index is 790. The minimum atomic E-state index is 0.843. The van der Waals surface area contributed by atoms with Gasteiger partial charge in [-0.15, -0.1) is 10.2 Å². The number of hydrogen-bond donors (Lipinski definition) is 0. The van der Waals surface area contributed by atoms with Gasteiger partial charge in [-0.2, -0.15) is 9.61 Å². The maximum absolute atomic E-state index is 4.75. The zero-order valence-electron chi connectivity index (χ0n) is 12.1. The van der Waals surface area contributed by atoms with E-state index in [0.717, 1.165) is 35.4 Å². The predicted molar refractivity (Wildman–Crippen MR) is 95.9 cm³/mol. The fourth-order valence-electron chi connectivity index (χ4n) is 2.82.